The Kier molecular flexibility index (Phi) is 4.07. The Morgan fingerprint density at radius 2 is 1.88 bits per heavy atom. The van der Waals surface area contributed by atoms with Crippen LogP contribution in [0.25, 0.3) is 10.9 Å². The Hall–Kier alpha value is -2.20. The second-order valence-electron chi connectivity index (χ2n) is 6.06. The average Bonchev–Trinajstić information content (AvgIpc) is 3.10. The molecule has 0 radical (unpaired) electrons. The van der Waals surface area contributed by atoms with Gasteiger partial charge in [0, 0.05) is 34.2 Å². The highest BCUT2D eigenvalue weighted by Gasteiger charge is 2.21. The molecular weight excluding hydrogens is 316 g/mol. The normalized spacial score (nSPS) is 14.4. The maximum Gasteiger partial charge on any atom is 0.118 e. The number of benzene rings is 2. The summed E-state index contributed by atoms with van der Waals surface area (Å²) in [6.07, 6.45) is 0. The van der Waals surface area contributed by atoms with Crippen molar-refractivity contribution in [3.8, 4) is 5.75 Å². The predicted octanol–water partition coefficient (Wildman–Crippen LogP) is 5.16. The van der Waals surface area contributed by atoms with E-state index in [1.54, 1.807) is 7.11 Å². The van der Waals surface area contributed by atoms with Crippen LogP contribution in [-0.2, 0) is 11.5 Å². The zero-order valence-corrected chi connectivity index (χ0v) is 14.7. The number of hydrogen-bond donors (Lipinski definition) is 1. The van der Waals surface area contributed by atoms with Crippen molar-refractivity contribution in [1.82, 2.24) is 4.98 Å². The number of rotatable bonds is 4. The van der Waals surface area contributed by atoms with Gasteiger partial charge >= 0.3 is 0 Å². The Morgan fingerprint density at radius 3 is 2.67 bits per heavy atom. The summed E-state index contributed by atoms with van der Waals surface area (Å²) in [5.41, 5.74) is 6.14. The third-order valence-corrected chi connectivity index (χ3v) is 5.51. The second kappa shape index (κ2) is 6.36. The smallest absolute Gasteiger partial charge is 0.118 e. The van der Waals surface area contributed by atoms with E-state index in [4.69, 9.17) is 9.72 Å². The molecule has 1 aromatic heterocycles. The summed E-state index contributed by atoms with van der Waals surface area (Å²) >= 11 is 1.94. The van der Waals surface area contributed by atoms with Gasteiger partial charge in [0.25, 0.3) is 0 Å². The first-order chi connectivity index (χ1) is 11.8. The van der Waals surface area contributed by atoms with Crippen molar-refractivity contribution in [3.63, 3.8) is 0 Å². The van der Waals surface area contributed by atoms with E-state index >= 15 is 0 Å². The molecule has 1 unspecified atom stereocenters. The van der Waals surface area contributed by atoms with Crippen LogP contribution in [0.1, 0.15) is 29.8 Å². The summed E-state index contributed by atoms with van der Waals surface area (Å²) in [4.78, 5) is 4.84. The molecule has 0 aliphatic carbocycles. The van der Waals surface area contributed by atoms with Gasteiger partial charge in [-0.25, -0.2) is 0 Å². The van der Waals surface area contributed by atoms with Crippen molar-refractivity contribution in [2.45, 2.75) is 24.5 Å². The number of methoxy groups -OCH3 is 1. The van der Waals surface area contributed by atoms with E-state index < -0.39 is 0 Å². The summed E-state index contributed by atoms with van der Waals surface area (Å²) in [6, 6.07) is 16.9. The summed E-state index contributed by atoms with van der Waals surface area (Å²) in [5.74, 6) is 2.92. The summed E-state index contributed by atoms with van der Waals surface area (Å²) in [6.45, 7) is 2.20. The van der Waals surface area contributed by atoms with Gasteiger partial charge in [-0.3, -0.25) is 4.98 Å². The molecule has 1 atom stereocenters. The van der Waals surface area contributed by atoms with Crippen LogP contribution in [0, 0.1) is 0 Å². The highest BCUT2D eigenvalue weighted by molar-refractivity contribution is 7.98. The second-order valence-corrected chi connectivity index (χ2v) is 7.05. The van der Waals surface area contributed by atoms with Crippen molar-refractivity contribution < 1.29 is 4.74 Å². The largest absolute Gasteiger partial charge is 0.497 e. The van der Waals surface area contributed by atoms with Crippen LogP contribution in [0.3, 0.4) is 0 Å². The maximum absolute atomic E-state index is 5.25. The molecule has 24 heavy (non-hydrogen) atoms. The van der Waals surface area contributed by atoms with E-state index in [1.807, 2.05) is 23.9 Å². The fourth-order valence-corrected chi connectivity index (χ4v) is 4.23. The van der Waals surface area contributed by atoms with Crippen molar-refractivity contribution in [2.24, 2.45) is 0 Å². The number of thioether (sulfide) groups is 1. The number of nitrogens with one attached hydrogen (secondary N) is 1. The molecular formula is C20H20N2OS. The monoisotopic (exact) mass is 336 g/mol. The number of ether oxygens (including phenoxy) is 1. The molecule has 0 bridgehead atoms. The summed E-state index contributed by atoms with van der Waals surface area (Å²) in [7, 11) is 1.70. The number of para-hydroxylation sites is 1. The molecule has 1 N–H and O–H groups in total. The molecule has 2 aromatic carbocycles. The van der Waals surface area contributed by atoms with Crippen LogP contribution >= 0.6 is 11.8 Å². The highest BCUT2D eigenvalue weighted by atomic mass is 32.2. The molecule has 3 nitrogen and oxygen atoms in total. The lowest BCUT2D eigenvalue weighted by Gasteiger charge is -2.20. The standard InChI is InChI=1S/C20H20N2OS/c1-13(14-7-9-15(23-2)10-8-14)21-20-16-5-3-4-6-18(16)22-19-12-24-11-17(19)20/h3-10,13H,11-12H2,1-2H3,(H,21,22). The average molecular weight is 336 g/mol. The third-order valence-electron chi connectivity index (χ3n) is 4.54. The summed E-state index contributed by atoms with van der Waals surface area (Å²) in [5, 5.41) is 4.95. The van der Waals surface area contributed by atoms with Gasteiger partial charge in [-0.2, -0.15) is 11.8 Å². The third kappa shape index (κ3) is 2.71. The van der Waals surface area contributed by atoms with E-state index in [0.29, 0.717) is 0 Å². The lowest BCUT2D eigenvalue weighted by molar-refractivity contribution is 0.414. The van der Waals surface area contributed by atoms with E-state index in [0.717, 1.165) is 22.8 Å². The van der Waals surface area contributed by atoms with Crippen molar-refractivity contribution in [2.75, 3.05) is 12.4 Å². The van der Waals surface area contributed by atoms with Gasteiger partial charge in [0.05, 0.1) is 18.3 Å². The van der Waals surface area contributed by atoms with Crippen molar-refractivity contribution in [3.05, 3.63) is 65.4 Å². The number of nitrogens with zero attached hydrogens (tertiary/aromatic N) is 1. The Balaban J connectivity index is 1.73. The molecule has 4 rings (SSSR count). The number of pyridine rings is 1. The fourth-order valence-electron chi connectivity index (χ4n) is 3.18. The molecule has 0 fully saturated rings. The number of hydrogen-bond acceptors (Lipinski definition) is 4. The molecule has 1 aliphatic rings. The minimum atomic E-state index is 0.219. The first-order valence-corrected chi connectivity index (χ1v) is 9.30. The van der Waals surface area contributed by atoms with Crippen LogP contribution in [-0.4, -0.2) is 12.1 Å². The molecule has 2 heterocycles. The van der Waals surface area contributed by atoms with Crippen LogP contribution in [0.5, 0.6) is 5.75 Å². The molecule has 0 spiro atoms. The lowest BCUT2D eigenvalue weighted by atomic mass is 10.0. The Labute approximate surface area is 146 Å². The van der Waals surface area contributed by atoms with Gasteiger partial charge in [-0.05, 0) is 30.7 Å². The SMILES string of the molecule is COc1ccc(C(C)Nc2c3c(nc4ccccc24)CSC3)cc1. The number of aromatic nitrogens is 1. The minimum absolute atomic E-state index is 0.219. The zero-order chi connectivity index (χ0) is 16.5. The highest BCUT2D eigenvalue weighted by Crippen LogP contribution is 2.39. The molecule has 3 aromatic rings. The molecule has 1 aliphatic heterocycles. The quantitative estimate of drug-likeness (QED) is 0.713. The van der Waals surface area contributed by atoms with Gasteiger partial charge in [0.2, 0.25) is 0 Å². The Bertz CT molecular complexity index is 877. The molecule has 0 amide bonds. The van der Waals surface area contributed by atoms with Crippen LogP contribution in [0.2, 0.25) is 0 Å². The van der Waals surface area contributed by atoms with Crippen molar-refractivity contribution >= 4 is 28.4 Å². The predicted molar refractivity (Wildman–Crippen MR) is 102 cm³/mol. The molecule has 0 saturated heterocycles. The van der Waals surface area contributed by atoms with Gasteiger partial charge in [0.1, 0.15) is 5.75 Å². The van der Waals surface area contributed by atoms with E-state index in [2.05, 4.69) is 48.6 Å². The van der Waals surface area contributed by atoms with E-state index in [-0.39, 0.29) is 6.04 Å². The van der Waals surface area contributed by atoms with Crippen LogP contribution < -0.4 is 10.1 Å². The topological polar surface area (TPSA) is 34.1 Å². The lowest BCUT2D eigenvalue weighted by Crippen LogP contribution is -2.09. The molecule has 4 heteroatoms. The maximum atomic E-state index is 5.25. The van der Waals surface area contributed by atoms with Crippen LogP contribution in [0.15, 0.2) is 48.5 Å². The number of anilines is 1. The van der Waals surface area contributed by atoms with Gasteiger partial charge in [0.15, 0.2) is 0 Å². The van der Waals surface area contributed by atoms with E-state index in [9.17, 15) is 0 Å². The number of fused-ring (bicyclic) bond motifs is 2. The molecule has 0 saturated carbocycles. The Morgan fingerprint density at radius 1 is 1.08 bits per heavy atom. The van der Waals surface area contributed by atoms with Crippen molar-refractivity contribution in [1.29, 1.82) is 0 Å². The van der Waals surface area contributed by atoms with Crippen LogP contribution in [0.4, 0.5) is 5.69 Å². The zero-order valence-electron chi connectivity index (χ0n) is 13.9. The van der Waals surface area contributed by atoms with E-state index in [1.165, 1.54) is 27.9 Å². The van der Waals surface area contributed by atoms with Gasteiger partial charge in [-0.1, -0.05) is 30.3 Å². The minimum Gasteiger partial charge on any atom is -0.497 e. The van der Waals surface area contributed by atoms with Gasteiger partial charge < -0.3 is 10.1 Å². The first-order valence-electron chi connectivity index (χ1n) is 8.15. The fraction of sp³-hybridized carbons (Fsp3) is 0.250. The summed E-state index contributed by atoms with van der Waals surface area (Å²) < 4.78 is 5.25. The first kappa shape index (κ1) is 15.3. The molecule has 122 valence electrons. The van der Waals surface area contributed by atoms with Gasteiger partial charge in [-0.15, -0.1) is 0 Å².